The maximum Gasteiger partial charge on any atom is 0.273 e. The Balaban J connectivity index is 4.82. The van der Waals surface area contributed by atoms with Crippen molar-refractivity contribution in [3.8, 4) is 0 Å². The summed E-state index contributed by atoms with van der Waals surface area (Å²) in [5.74, 6) is 0.504. The number of nitrogens with zero attached hydrogens (tertiary/aromatic N) is 1. The molecular formula is C13H20N2O2. The monoisotopic (exact) mass is 236 g/mol. The SMILES string of the molecule is C=C/C=C\C(=C(/C=C)CNCC(C)C)[N+](=O)[O-]. The molecule has 0 amide bonds. The van der Waals surface area contributed by atoms with Gasteiger partial charge in [0.05, 0.1) is 4.92 Å². The van der Waals surface area contributed by atoms with Crippen molar-refractivity contribution in [2.75, 3.05) is 13.1 Å². The van der Waals surface area contributed by atoms with E-state index in [9.17, 15) is 10.1 Å². The standard InChI is InChI=1S/C13H20N2O2/c1-5-7-8-13(15(16)17)12(6-2)10-14-9-11(3)4/h5-8,11,14H,1-2,9-10H2,3-4H3/b8-7-,13-12-. The molecule has 17 heavy (non-hydrogen) atoms. The quantitative estimate of drug-likeness (QED) is 0.400. The predicted octanol–water partition coefficient (Wildman–Crippen LogP) is 2.69. The second kappa shape index (κ2) is 8.47. The lowest BCUT2D eigenvalue weighted by atomic mass is 10.1. The van der Waals surface area contributed by atoms with Crippen molar-refractivity contribution in [1.82, 2.24) is 5.32 Å². The van der Waals surface area contributed by atoms with Gasteiger partial charge in [0, 0.05) is 18.2 Å². The van der Waals surface area contributed by atoms with Crippen molar-refractivity contribution in [1.29, 1.82) is 0 Å². The van der Waals surface area contributed by atoms with Crippen LogP contribution in [0, 0.1) is 16.0 Å². The molecule has 0 aliphatic rings. The van der Waals surface area contributed by atoms with Crippen LogP contribution >= 0.6 is 0 Å². The molecule has 0 spiro atoms. The molecule has 0 bridgehead atoms. The van der Waals surface area contributed by atoms with E-state index >= 15 is 0 Å². The van der Waals surface area contributed by atoms with Crippen LogP contribution in [0.1, 0.15) is 13.8 Å². The van der Waals surface area contributed by atoms with Crippen molar-refractivity contribution in [3.63, 3.8) is 0 Å². The van der Waals surface area contributed by atoms with Gasteiger partial charge in [-0.25, -0.2) is 0 Å². The maximum absolute atomic E-state index is 10.9. The number of rotatable bonds is 8. The summed E-state index contributed by atoms with van der Waals surface area (Å²) in [6.45, 7) is 12.5. The molecule has 94 valence electrons. The third-order valence-corrected chi connectivity index (χ3v) is 2.03. The molecule has 0 atom stereocenters. The maximum atomic E-state index is 10.9. The Morgan fingerprint density at radius 2 is 2.12 bits per heavy atom. The molecule has 4 nitrogen and oxygen atoms in total. The summed E-state index contributed by atoms with van der Waals surface area (Å²) in [6, 6.07) is 0. The number of hydrogen-bond acceptors (Lipinski definition) is 3. The topological polar surface area (TPSA) is 55.2 Å². The molecule has 0 aromatic carbocycles. The fourth-order valence-corrected chi connectivity index (χ4v) is 1.21. The number of hydrogen-bond donors (Lipinski definition) is 1. The molecule has 0 aliphatic carbocycles. The Bertz CT molecular complexity index is 341. The lowest BCUT2D eigenvalue weighted by Crippen LogP contribution is -2.23. The van der Waals surface area contributed by atoms with Gasteiger partial charge in [-0.05, 0) is 12.5 Å². The minimum absolute atomic E-state index is 0.0520. The highest BCUT2D eigenvalue weighted by Crippen LogP contribution is 2.08. The van der Waals surface area contributed by atoms with E-state index in [1.165, 1.54) is 18.2 Å². The number of nitrogens with one attached hydrogen (secondary N) is 1. The molecular weight excluding hydrogens is 216 g/mol. The zero-order chi connectivity index (χ0) is 13.3. The van der Waals surface area contributed by atoms with E-state index in [0.717, 1.165) is 6.54 Å². The molecule has 0 saturated heterocycles. The van der Waals surface area contributed by atoms with E-state index < -0.39 is 4.92 Å². The lowest BCUT2D eigenvalue weighted by molar-refractivity contribution is -0.420. The van der Waals surface area contributed by atoms with Crippen LogP contribution in [0.4, 0.5) is 0 Å². The summed E-state index contributed by atoms with van der Waals surface area (Å²) in [7, 11) is 0. The summed E-state index contributed by atoms with van der Waals surface area (Å²) in [5, 5.41) is 14.0. The van der Waals surface area contributed by atoms with E-state index in [2.05, 4.69) is 32.3 Å². The van der Waals surface area contributed by atoms with Crippen molar-refractivity contribution in [3.05, 3.63) is 58.8 Å². The van der Waals surface area contributed by atoms with Crippen molar-refractivity contribution in [2.24, 2.45) is 5.92 Å². The summed E-state index contributed by atoms with van der Waals surface area (Å²) in [6.07, 6.45) is 6.00. The molecule has 0 aromatic rings. The second-order valence-electron chi connectivity index (χ2n) is 3.99. The van der Waals surface area contributed by atoms with Gasteiger partial charge in [0.2, 0.25) is 0 Å². The van der Waals surface area contributed by atoms with Crippen LogP contribution < -0.4 is 5.32 Å². The highest BCUT2D eigenvalue weighted by molar-refractivity contribution is 5.29. The predicted molar refractivity (Wildman–Crippen MR) is 71.3 cm³/mol. The van der Waals surface area contributed by atoms with Crippen LogP contribution in [0.2, 0.25) is 0 Å². The van der Waals surface area contributed by atoms with E-state index in [-0.39, 0.29) is 5.70 Å². The van der Waals surface area contributed by atoms with Gasteiger partial charge in [-0.15, -0.1) is 0 Å². The van der Waals surface area contributed by atoms with E-state index in [1.54, 1.807) is 6.08 Å². The largest absolute Gasteiger partial charge is 0.312 e. The highest BCUT2D eigenvalue weighted by Gasteiger charge is 2.12. The van der Waals surface area contributed by atoms with Gasteiger partial charge in [-0.1, -0.05) is 45.2 Å². The molecule has 0 radical (unpaired) electrons. The zero-order valence-corrected chi connectivity index (χ0v) is 10.5. The van der Waals surface area contributed by atoms with Gasteiger partial charge in [-0.3, -0.25) is 10.1 Å². The van der Waals surface area contributed by atoms with Crippen molar-refractivity contribution in [2.45, 2.75) is 13.8 Å². The van der Waals surface area contributed by atoms with Crippen LogP contribution in [-0.4, -0.2) is 18.0 Å². The molecule has 0 rings (SSSR count). The highest BCUT2D eigenvalue weighted by atomic mass is 16.6. The van der Waals surface area contributed by atoms with Crippen LogP contribution in [-0.2, 0) is 0 Å². The van der Waals surface area contributed by atoms with E-state index in [0.29, 0.717) is 18.0 Å². The number of allylic oxidation sites excluding steroid dienone is 3. The van der Waals surface area contributed by atoms with Crippen molar-refractivity contribution < 1.29 is 4.92 Å². The Morgan fingerprint density at radius 1 is 1.47 bits per heavy atom. The molecule has 0 unspecified atom stereocenters. The first-order valence-corrected chi connectivity index (χ1v) is 5.52. The van der Waals surface area contributed by atoms with E-state index in [4.69, 9.17) is 0 Å². The second-order valence-corrected chi connectivity index (χ2v) is 3.99. The Kier molecular flexibility index (Phi) is 7.63. The van der Waals surface area contributed by atoms with Crippen LogP contribution in [0.3, 0.4) is 0 Å². The smallest absolute Gasteiger partial charge is 0.273 e. The average molecular weight is 236 g/mol. The molecule has 0 saturated carbocycles. The first kappa shape index (κ1) is 15.3. The normalized spacial score (nSPS) is 12.6. The molecule has 0 aliphatic heterocycles. The number of nitro groups is 1. The van der Waals surface area contributed by atoms with Gasteiger partial charge >= 0.3 is 0 Å². The summed E-state index contributed by atoms with van der Waals surface area (Å²) in [4.78, 5) is 10.5. The van der Waals surface area contributed by atoms with Crippen molar-refractivity contribution >= 4 is 0 Å². The van der Waals surface area contributed by atoms with Gasteiger partial charge in [0.25, 0.3) is 5.70 Å². The van der Waals surface area contributed by atoms with Gasteiger partial charge in [0.15, 0.2) is 0 Å². The summed E-state index contributed by atoms with van der Waals surface area (Å²) in [5.41, 5.74) is 0.630. The minimum Gasteiger partial charge on any atom is -0.312 e. The molecule has 0 aromatic heterocycles. The molecule has 0 fully saturated rings. The minimum atomic E-state index is -0.409. The average Bonchev–Trinajstić information content (AvgIpc) is 2.26. The van der Waals surface area contributed by atoms with Gasteiger partial charge in [-0.2, -0.15) is 0 Å². The van der Waals surface area contributed by atoms with Gasteiger partial charge in [0.1, 0.15) is 0 Å². The third kappa shape index (κ3) is 6.48. The Labute approximate surface area is 103 Å². The fraction of sp³-hybridized carbons (Fsp3) is 0.385. The summed E-state index contributed by atoms with van der Waals surface area (Å²) >= 11 is 0. The zero-order valence-electron chi connectivity index (χ0n) is 10.5. The Hall–Kier alpha value is -1.68. The van der Waals surface area contributed by atoms with E-state index in [1.807, 2.05) is 0 Å². The first-order chi connectivity index (χ1) is 8.02. The third-order valence-electron chi connectivity index (χ3n) is 2.03. The summed E-state index contributed by atoms with van der Waals surface area (Å²) < 4.78 is 0. The molecule has 1 N–H and O–H groups in total. The Morgan fingerprint density at radius 3 is 2.53 bits per heavy atom. The van der Waals surface area contributed by atoms with Crippen LogP contribution in [0.25, 0.3) is 0 Å². The first-order valence-electron chi connectivity index (χ1n) is 5.52. The van der Waals surface area contributed by atoms with Crippen LogP contribution in [0.15, 0.2) is 48.7 Å². The molecule has 4 heteroatoms. The van der Waals surface area contributed by atoms with Crippen LogP contribution in [0.5, 0.6) is 0 Å². The fourth-order valence-electron chi connectivity index (χ4n) is 1.21. The lowest BCUT2D eigenvalue weighted by Gasteiger charge is -2.07. The van der Waals surface area contributed by atoms with Gasteiger partial charge < -0.3 is 5.32 Å². The molecule has 0 heterocycles.